The number of benzene rings is 1. The molecule has 0 amide bonds. The Morgan fingerprint density at radius 3 is 2.65 bits per heavy atom. The van der Waals surface area contributed by atoms with Crippen molar-refractivity contribution in [3.05, 3.63) is 24.0 Å². The van der Waals surface area contributed by atoms with Crippen molar-refractivity contribution in [1.29, 1.82) is 0 Å². The van der Waals surface area contributed by atoms with Crippen molar-refractivity contribution >= 4 is 16.7 Å². The van der Waals surface area contributed by atoms with Crippen molar-refractivity contribution in [1.82, 2.24) is 14.5 Å². The predicted molar refractivity (Wildman–Crippen MR) is 83.8 cm³/mol. The van der Waals surface area contributed by atoms with Crippen LogP contribution in [0, 0.1) is 6.92 Å². The van der Waals surface area contributed by atoms with Crippen LogP contribution < -0.4 is 5.73 Å². The summed E-state index contributed by atoms with van der Waals surface area (Å²) in [5.74, 6) is 1.08. The number of nitrogen functional groups attached to an aromatic ring is 1. The summed E-state index contributed by atoms with van der Waals surface area (Å²) >= 11 is 0. The van der Waals surface area contributed by atoms with Crippen LogP contribution in [0.1, 0.15) is 31.5 Å². The van der Waals surface area contributed by atoms with E-state index in [0.717, 1.165) is 23.6 Å². The molecule has 1 saturated carbocycles. The van der Waals surface area contributed by atoms with Gasteiger partial charge in [0.05, 0.1) is 11.0 Å². The summed E-state index contributed by atoms with van der Waals surface area (Å²) in [6.45, 7) is 3.11. The SMILES string of the molecule is Cc1nc2cc(N)ccc2n1CC1(N(C)C)CCCC1. The predicted octanol–water partition coefficient (Wildman–Crippen LogP) is 2.80. The maximum atomic E-state index is 5.86. The summed E-state index contributed by atoms with van der Waals surface area (Å²) in [6, 6.07) is 6.04. The summed E-state index contributed by atoms with van der Waals surface area (Å²) in [5, 5.41) is 0. The zero-order chi connectivity index (χ0) is 14.3. The number of anilines is 1. The highest BCUT2D eigenvalue weighted by molar-refractivity contribution is 5.79. The average molecular weight is 272 g/mol. The van der Waals surface area contributed by atoms with Gasteiger partial charge in [-0.05, 0) is 52.1 Å². The summed E-state index contributed by atoms with van der Waals surface area (Å²) < 4.78 is 2.36. The van der Waals surface area contributed by atoms with Gasteiger partial charge in [-0.2, -0.15) is 0 Å². The number of imidazole rings is 1. The summed E-state index contributed by atoms with van der Waals surface area (Å²) in [5.41, 5.74) is 9.13. The fourth-order valence-corrected chi connectivity index (χ4v) is 3.54. The highest BCUT2D eigenvalue weighted by Crippen LogP contribution is 2.36. The maximum Gasteiger partial charge on any atom is 0.106 e. The molecule has 0 unspecified atom stereocenters. The third kappa shape index (κ3) is 2.08. The van der Waals surface area contributed by atoms with Crippen molar-refractivity contribution in [2.75, 3.05) is 19.8 Å². The van der Waals surface area contributed by atoms with Gasteiger partial charge in [0.25, 0.3) is 0 Å². The number of nitrogens with two attached hydrogens (primary N) is 1. The van der Waals surface area contributed by atoms with E-state index in [2.05, 4.69) is 41.5 Å². The first-order valence-electron chi connectivity index (χ1n) is 7.42. The molecule has 1 heterocycles. The first-order valence-corrected chi connectivity index (χ1v) is 7.42. The molecule has 1 aromatic carbocycles. The van der Waals surface area contributed by atoms with E-state index < -0.39 is 0 Å². The number of aromatic nitrogens is 2. The maximum absolute atomic E-state index is 5.86. The van der Waals surface area contributed by atoms with E-state index in [1.54, 1.807) is 0 Å². The molecular weight excluding hydrogens is 248 g/mol. The third-order valence-corrected chi connectivity index (χ3v) is 4.90. The molecule has 1 aromatic heterocycles. The number of nitrogens with zero attached hydrogens (tertiary/aromatic N) is 3. The summed E-state index contributed by atoms with van der Waals surface area (Å²) in [7, 11) is 4.41. The van der Waals surface area contributed by atoms with Gasteiger partial charge < -0.3 is 15.2 Å². The van der Waals surface area contributed by atoms with Crippen LogP contribution in [0.4, 0.5) is 5.69 Å². The minimum atomic E-state index is 0.278. The lowest BCUT2D eigenvalue weighted by Gasteiger charge is -2.37. The van der Waals surface area contributed by atoms with Gasteiger partial charge >= 0.3 is 0 Å². The first kappa shape index (κ1) is 13.4. The van der Waals surface area contributed by atoms with Crippen molar-refractivity contribution in [3.63, 3.8) is 0 Å². The summed E-state index contributed by atoms with van der Waals surface area (Å²) in [6.07, 6.45) is 5.20. The van der Waals surface area contributed by atoms with Gasteiger partial charge in [-0.3, -0.25) is 0 Å². The Hall–Kier alpha value is -1.55. The molecule has 2 N–H and O–H groups in total. The van der Waals surface area contributed by atoms with Crippen LogP contribution in [-0.2, 0) is 6.54 Å². The quantitative estimate of drug-likeness (QED) is 0.874. The molecular formula is C16H24N4. The highest BCUT2D eigenvalue weighted by atomic mass is 15.2. The molecule has 1 aliphatic carbocycles. The summed E-state index contributed by atoms with van der Waals surface area (Å²) in [4.78, 5) is 7.08. The van der Waals surface area contributed by atoms with Gasteiger partial charge in [0.1, 0.15) is 5.82 Å². The van der Waals surface area contributed by atoms with Crippen LogP contribution in [0.2, 0.25) is 0 Å². The molecule has 1 aliphatic rings. The molecule has 0 saturated heterocycles. The van der Waals surface area contributed by atoms with Crippen LogP contribution in [0.3, 0.4) is 0 Å². The number of aryl methyl sites for hydroxylation is 1. The van der Waals surface area contributed by atoms with Crippen LogP contribution in [0.15, 0.2) is 18.2 Å². The zero-order valence-electron chi connectivity index (χ0n) is 12.7. The second-order valence-corrected chi connectivity index (χ2v) is 6.32. The number of fused-ring (bicyclic) bond motifs is 1. The topological polar surface area (TPSA) is 47.1 Å². The fraction of sp³-hybridized carbons (Fsp3) is 0.562. The molecule has 0 bridgehead atoms. The van der Waals surface area contributed by atoms with Gasteiger partial charge in [-0.1, -0.05) is 12.8 Å². The highest BCUT2D eigenvalue weighted by Gasteiger charge is 2.36. The molecule has 4 heteroatoms. The molecule has 0 spiro atoms. The molecule has 0 radical (unpaired) electrons. The molecule has 2 aromatic rings. The monoisotopic (exact) mass is 272 g/mol. The van der Waals surface area contributed by atoms with Crippen molar-refractivity contribution in [2.45, 2.75) is 44.7 Å². The van der Waals surface area contributed by atoms with E-state index in [9.17, 15) is 0 Å². The van der Waals surface area contributed by atoms with Crippen molar-refractivity contribution in [2.24, 2.45) is 0 Å². The van der Waals surface area contributed by atoms with Crippen LogP contribution >= 0.6 is 0 Å². The van der Waals surface area contributed by atoms with Crippen molar-refractivity contribution in [3.8, 4) is 0 Å². The molecule has 1 fully saturated rings. The van der Waals surface area contributed by atoms with Gasteiger partial charge in [0.2, 0.25) is 0 Å². The van der Waals surface area contributed by atoms with Gasteiger partial charge in [0, 0.05) is 17.8 Å². The second kappa shape index (κ2) is 4.77. The van der Waals surface area contributed by atoms with Gasteiger partial charge in [-0.25, -0.2) is 4.98 Å². The Balaban J connectivity index is 2.04. The number of rotatable bonds is 3. The second-order valence-electron chi connectivity index (χ2n) is 6.32. The normalized spacial score (nSPS) is 18.2. The van der Waals surface area contributed by atoms with Crippen LogP contribution in [0.25, 0.3) is 11.0 Å². The lowest BCUT2D eigenvalue weighted by molar-refractivity contribution is 0.134. The first-order chi connectivity index (χ1) is 9.52. The van der Waals surface area contributed by atoms with Gasteiger partial charge in [-0.15, -0.1) is 0 Å². The lowest BCUT2D eigenvalue weighted by Crippen LogP contribution is -2.45. The van der Waals surface area contributed by atoms with E-state index >= 15 is 0 Å². The Morgan fingerprint density at radius 2 is 2.00 bits per heavy atom. The van der Waals surface area contributed by atoms with Gasteiger partial charge in [0.15, 0.2) is 0 Å². The van der Waals surface area contributed by atoms with E-state index in [1.165, 1.54) is 31.2 Å². The zero-order valence-corrected chi connectivity index (χ0v) is 12.7. The third-order valence-electron chi connectivity index (χ3n) is 4.90. The fourth-order valence-electron chi connectivity index (χ4n) is 3.54. The van der Waals surface area contributed by atoms with Crippen LogP contribution in [-0.4, -0.2) is 34.1 Å². The molecule has 0 atom stereocenters. The molecule has 20 heavy (non-hydrogen) atoms. The average Bonchev–Trinajstić information content (AvgIpc) is 2.96. The van der Waals surface area contributed by atoms with E-state index in [4.69, 9.17) is 5.73 Å². The Kier molecular flexibility index (Phi) is 3.21. The number of hydrogen-bond acceptors (Lipinski definition) is 3. The minimum absolute atomic E-state index is 0.278. The number of hydrogen-bond donors (Lipinski definition) is 1. The Bertz CT molecular complexity index is 621. The number of likely N-dealkylation sites (N-methyl/N-ethyl adjacent to an activating group) is 1. The largest absolute Gasteiger partial charge is 0.399 e. The molecule has 3 rings (SSSR count). The Labute approximate surface area is 120 Å². The van der Waals surface area contributed by atoms with Crippen molar-refractivity contribution < 1.29 is 0 Å². The van der Waals surface area contributed by atoms with E-state index in [0.29, 0.717) is 0 Å². The smallest absolute Gasteiger partial charge is 0.106 e. The molecule has 0 aliphatic heterocycles. The minimum Gasteiger partial charge on any atom is -0.399 e. The van der Waals surface area contributed by atoms with E-state index in [1.807, 2.05) is 12.1 Å². The molecule has 108 valence electrons. The lowest BCUT2D eigenvalue weighted by atomic mass is 9.95. The van der Waals surface area contributed by atoms with E-state index in [-0.39, 0.29) is 5.54 Å². The van der Waals surface area contributed by atoms with Crippen LogP contribution in [0.5, 0.6) is 0 Å². The Morgan fingerprint density at radius 1 is 1.30 bits per heavy atom. The molecule has 4 nitrogen and oxygen atoms in total. The standard InChI is InChI=1S/C16H24N4/c1-12-18-14-10-13(17)6-7-15(14)20(12)11-16(19(2)3)8-4-5-9-16/h6-7,10H,4-5,8-9,11,17H2,1-3H3.